The molecule has 0 unspecified atom stereocenters. The lowest BCUT2D eigenvalue weighted by atomic mass is 10.1. The third-order valence-electron chi connectivity index (χ3n) is 3.14. The molecule has 0 aliphatic carbocycles. The van der Waals surface area contributed by atoms with E-state index < -0.39 is 23.2 Å². The molecule has 2 heterocycles. The van der Waals surface area contributed by atoms with Crippen LogP contribution in [-0.4, -0.2) is 20.4 Å². The minimum Gasteiger partial charge on any atom is -0.368 e. The first-order chi connectivity index (χ1) is 10.4. The molecule has 1 amide bonds. The van der Waals surface area contributed by atoms with Crippen molar-refractivity contribution in [2.75, 3.05) is 0 Å². The molecule has 0 spiro atoms. The first kappa shape index (κ1) is 13.9. The highest BCUT2D eigenvalue weighted by Crippen LogP contribution is 2.23. The number of benzene rings is 1. The van der Waals surface area contributed by atoms with E-state index in [4.69, 9.17) is 5.73 Å². The number of nitrogens with one attached hydrogen (secondary N) is 1. The van der Waals surface area contributed by atoms with E-state index >= 15 is 0 Å². The Morgan fingerprint density at radius 2 is 1.86 bits per heavy atom. The fourth-order valence-corrected chi connectivity index (χ4v) is 2.22. The quantitative estimate of drug-likeness (QED) is 0.760. The lowest BCUT2D eigenvalue weighted by Gasteiger charge is -2.04. The number of hydrogen-bond donors (Lipinski definition) is 2. The van der Waals surface area contributed by atoms with E-state index in [2.05, 4.69) is 9.97 Å². The van der Waals surface area contributed by atoms with Gasteiger partial charge in [-0.05, 0) is 23.8 Å². The van der Waals surface area contributed by atoms with Crippen LogP contribution in [0.2, 0.25) is 0 Å². The summed E-state index contributed by atoms with van der Waals surface area (Å²) in [4.78, 5) is 29.3. The molecule has 3 rings (SSSR count). The maximum atomic E-state index is 13.3. The van der Waals surface area contributed by atoms with E-state index in [1.807, 2.05) is 0 Å². The van der Waals surface area contributed by atoms with Crippen LogP contribution in [0.25, 0.3) is 22.3 Å². The molecule has 22 heavy (non-hydrogen) atoms. The standard InChI is InChI=1S/C14H10F2N4O2/c15-9-1-7(2-10(16)4-9)8-3-11-13(18-5-8)19-14(22)20(11)6-12(17)21/h1-5H,6H2,(H2,17,21)(H,18,19,22). The van der Waals surface area contributed by atoms with Crippen LogP contribution >= 0.6 is 0 Å². The lowest BCUT2D eigenvalue weighted by molar-refractivity contribution is -0.118. The Hall–Kier alpha value is -3.03. The highest BCUT2D eigenvalue weighted by molar-refractivity contribution is 5.81. The van der Waals surface area contributed by atoms with Gasteiger partial charge in [0.25, 0.3) is 0 Å². The number of nitrogens with two attached hydrogens (primary N) is 1. The van der Waals surface area contributed by atoms with Crippen LogP contribution in [0.1, 0.15) is 0 Å². The monoisotopic (exact) mass is 304 g/mol. The van der Waals surface area contributed by atoms with Crippen LogP contribution in [-0.2, 0) is 11.3 Å². The van der Waals surface area contributed by atoms with Gasteiger partial charge in [-0.25, -0.2) is 18.6 Å². The Bertz CT molecular complexity index is 925. The first-order valence-corrected chi connectivity index (χ1v) is 6.27. The van der Waals surface area contributed by atoms with Crippen LogP contribution in [0.15, 0.2) is 35.3 Å². The molecule has 8 heteroatoms. The average Bonchev–Trinajstić information content (AvgIpc) is 2.73. The average molecular weight is 304 g/mol. The van der Waals surface area contributed by atoms with Gasteiger partial charge in [0, 0.05) is 17.8 Å². The summed E-state index contributed by atoms with van der Waals surface area (Å²) in [5.41, 5.74) is 5.82. The van der Waals surface area contributed by atoms with Crippen molar-refractivity contribution in [2.45, 2.75) is 6.54 Å². The molecule has 0 aliphatic rings. The summed E-state index contributed by atoms with van der Waals surface area (Å²) >= 11 is 0. The Kier molecular flexibility index (Phi) is 3.21. The van der Waals surface area contributed by atoms with Gasteiger partial charge in [0.05, 0.1) is 5.52 Å². The van der Waals surface area contributed by atoms with Crippen LogP contribution in [0.3, 0.4) is 0 Å². The SMILES string of the molecule is NC(=O)Cn1c(=O)[nH]c2ncc(-c3cc(F)cc(F)c3)cc21. The number of aromatic amines is 1. The number of halogens is 2. The minimum atomic E-state index is -0.723. The zero-order chi connectivity index (χ0) is 15.9. The number of carbonyl (C=O) groups is 1. The van der Waals surface area contributed by atoms with Gasteiger partial charge in [-0.3, -0.25) is 14.3 Å². The molecule has 0 radical (unpaired) electrons. The fourth-order valence-electron chi connectivity index (χ4n) is 2.22. The van der Waals surface area contributed by atoms with Gasteiger partial charge in [0.15, 0.2) is 5.65 Å². The van der Waals surface area contributed by atoms with Crippen molar-refractivity contribution in [3.8, 4) is 11.1 Å². The van der Waals surface area contributed by atoms with Crippen molar-refractivity contribution in [3.63, 3.8) is 0 Å². The Labute approximate surface area is 122 Å². The van der Waals surface area contributed by atoms with Gasteiger partial charge in [-0.2, -0.15) is 0 Å². The molecule has 2 aromatic heterocycles. The molecule has 1 aromatic carbocycles. The number of pyridine rings is 1. The van der Waals surface area contributed by atoms with Gasteiger partial charge in [-0.1, -0.05) is 0 Å². The largest absolute Gasteiger partial charge is 0.368 e. The number of H-pyrrole nitrogens is 1. The molecular formula is C14H10F2N4O2. The Balaban J connectivity index is 2.20. The number of rotatable bonds is 3. The summed E-state index contributed by atoms with van der Waals surface area (Å²) in [6, 6.07) is 4.57. The molecule has 0 saturated carbocycles. The smallest absolute Gasteiger partial charge is 0.328 e. The number of nitrogens with zero attached hydrogens (tertiary/aromatic N) is 2. The number of fused-ring (bicyclic) bond motifs is 1. The zero-order valence-electron chi connectivity index (χ0n) is 11.1. The van der Waals surface area contributed by atoms with Crippen LogP contribution in [0, 0.1) is 11.6 Å². The van der Waals surface area contributed by atoms with E-state index in [9.17, 15) is 18.4 Å². The lowest BCUT2D eigenvalue weighted by Crippen LogP contribution is -2.26. The fraction of sp³-hybridized carbons (Fsp3) is 0.0714. The van der Waals surface area contributed by atoms with Crippen molar-refractivity contribution in [1.29, 1.82) is 0 Å². The van der Waals surface area contributed by atoms with Crippen molar-refractivity contribution in [3.05, 3.63) is 52.6 Å². The number of aromatic nitrogens is 3. The second-order valence-corrected chi connectivity index (χ2v) is 4.73. The van der Waals surface area contributed by atoms with Gasteiger partial charge < -0.3 is 5.73 Å². The van der Waals surface area contributed by atoms with Crippen molar-refractivity contribution in [1.82, 2.24) is 14.5 Å². The molecule has 112 valence electrons. The maximum Gasteiger partial charge on any atom is 0.328 e. The van der Waals surface area contributed by atoms with Crippen LogP contribution in [0.5, 0.6) is 0 Å². The number of carbonyl (C=O) groups excluding carboxylic acids is 1. The van der Waals surface area contributed by atoms with Crippen molar-refractivity contribution < 1.29 is 13.6 Å². The van der Waals surface area contributed by atoms with E-state index in [1.54, 1.807) is 0 Å². The number of amides is 1. The molecule has 3 aromatic rings. The molecule has 0 saturated heterocycles. The Morgan fingerprint density at radius 1 is 1.18 bits per heavy atom. The van der Waals surface area contributed by atoms with Crippen LogP contribution in [0.4, 0.5) is 8.78 Å². The second kappa shape index (κ2) is 5.06. The summed E-state index contributed by atoms with van der Waals surface area (Å²) < 4.78 is 27.7. The number of primary amides is 1. The van der Waals surface area contributed by atoms with Gasteiger partial charge in [0.2, 0.25) is 5.91 Å². The Morgan fingerprint density at radius 3 is 2.50 bits per heavy atom. The normalized spacial score (nSPS) is 11.0. The predicted octanol–water partition coefficient (Wildman–Crippen LogP) is 1.16. The summed E-state index contributed by atoms with van der Waals surface area (Å²) in [6.45, 7) is -0.318. The van der Waals surface area contributed by atoms with Gasteiger partial charge in [-0.15, -0.1) is 0 Å². The molecule has 0 fully saturated rings. The maximum absolute atomic E-state index is 13.3. The second-order valence-electron chi connectivity index (χ2n) is 4.73. The summed E-state index contributed by atoms with van der Waals surface area (Å²) in [5.74, 6) is -2.14. The van der Waals surface area contributed by atoms with Crippen LogP contribution < -0.4 is 11.4 Å². The van der Waals surface area contributed by atoms with E-state index in [1.165, 1.54) is 12.3 Å². The molecule has 0 bridgehead atoms. The van der Waals surface area contributed by atoms with E-state index in [-0.39, 0.29) is 17.8 Å². The first-order valence-electron chi connectivity index (χ1n) is 6.27. The summed E-state index contributed by atoms with van der Waals surface area (Å²) in [7, 11) is 0. The van der Waals surface area contributed by atoms with Crippen molar-refractivity contribution >= 4 is 17.1 Å². The van der Waals surface area contributed by atoms with Crippen molar-refractivity contribution in [2.24, 2.45) is 5.73 Å². The summed E-state index contributed by atoms with van der Waals surface area (Å²) in [6.07, 6.45) is 1.38. The predicted molar refractivity (Wildman–Crippen MR) is 74.9 cm³/mol. The molecule has 3 N–H and O–H groups in total. The molecule has 6 nitrogen and oxygen atoms in total. The molecule has 0 atom stereocenters. The van der Waals surface area contributed by atoms with E-state index in [0.717, 1.165) is 22.8 Å². The third-order valence-corrected chi connectivity index (χ3v) is 3.14. The van der Waals surface area contributed by atoms with E-state index in [0.29, 0.717) is 11.1 Å². The highest BCUT2D eigenvalue weighted by Gasteiger charge is 2.12. The zero-order valence-corrected chi connectivity index (χ0v) is 11.1. The number of imidazole rings is 1. The summed E-state index contributed by atoms with van der Waals surface area (Å²) in [5, 5.41) is 0. The number of hydrogen-bond acceptors (Lipinski definition) is 3. The topological polar surface area (TPSA) is 93.8 Å². The highest BCUT2D eigenvalue weighted by atomic mass is 19.1. The third kappa shape index (κ3) is 2.46. The molecular weight excluding hydrogens is 294 g/mol. The van der Waals surface area contributed by atoms with Gasteiger partial charge in [0.1, 0.15) is 18.2 Å². The van der Waals surface area contributed by atoms with Gasteiger partial charge >= 0.3 is 5.69 Å². The molecule has 0 aliphatic heterocycles. The minimum absolute atomic E-state index is 0.256.